The van der Waals surface area contributed by atoms with Gasteiger partial charge >= 0.3 is 0 Å². The second kappa shape index (κ2) is 5.53. The minimum Gasteiger partial charge on any atom is -0.369 e. The summed E-state index contributed by atoms with van der Waals surface area (Å²) in [5.74, 6) is 0.771. The third kappa shape index (κ3) is 2.80. The van der Waals surface area contributed by atoms with Crippen LogP contribution in [0.5, 0.6) is 0 Å². The standard InChI is InChI=1S/C11H18N4OS/c1-2-8(10(12)16)17-11-14-13-9-6-4-3-5-7-15(9)11/h8H,2-7H2,1H3,(H2,12,16). The van der Waals surface area contributed by atoms with Crippen LogP contribution in [0, 0.1) is 0 Å². The van der Waals surface area contributed by atoms with Crippen LogP contribution in [0.25, 0.3) is 0 Å². The Hall–Kier alpha value is -1.04. The number of nitrogens with two attached hydrogens (primary N) is 1. The molecule has 0 aliphatic carbocycles. The van der Waals surface area contributed by atoms with Gasteiger partial charge in [0.1, 0.15) is 5.82 Å². The second-order valence-electron chi connectivity index (χ2n) is 4.28. The Balaban J connectivity index is 2.16. The summed E-state index contributed by atoms with van der Waals surface area (Å²) in [5.41, 5.74) is 5.35. The Labute approximate surface area is 105 Å². The van der Waals surface area contributed by atoms with E-state index in [9.17, 15) is 4.79 Å². The maximum Gasteiger partial charge on any atom is 0.231 e. The molecule has 0 spiro atoms. The quantitative estimate of drug-likeness (QED) is 0.823. The number of nitrogens with zero attached hydrogens (tertiary/aromatic N) is 3. The Bertz CT molecular complexity index is 404. The van der Waals surface area contributed by atoms with Crippen LogP contribution in [-0.4, -0.2) is 25.9 Å². The zero-order valence-corrected chi connectivity index (χ0v) is 10.9. The highest BCUT2D eigenvalue weighted by atomic mass is 32.2. The van der Waals surface area contributed by atoms with E-state index in [0.29, 0.717) is 0 Å². The number of aryl methyl sites for hydroxylation is 1. The fraction of sp³-hybridized carbons (Fsp3) is 0.727. The molecule has 1 aliphatic rings. The van der Waals surface area contributed by atoms with Crippen LogP contribution in [0.1, 0.15) is 38.4 Å². The topological polar surface area (TPSA) is 73.8 Å². The van der Waals surface area contributed by atoms with Crippen molar-refractivity contribution >= 4 is 17.7 Å². The van der Waals surface area contributed by atoms with Crippen LogP contribution in [-0.2, 0) is 17.8 Å². The summed E-state index contributed by atoms with van der Waals surface area (Å²) in [6.07, 6.45) is 5.28. The van der Waals surface area contributed by atoms with Crippen LogP contribution in [0.2, 0.25) is 0 Å². The van der Waals surface area contributed by atoms with Crippen LogP contribution in [0.4, 0.5) is 0 Å². The zero-order valence-electron chi connectivity index (χ0n) is 10.1. The van der Waals surface area contributed by atoms with E-state index in [-0.39, 0.29) is 11.2 Å². The highest BCUT2D eigenvalue weighted by Gasteiger charge is 2.21. The maximum atomic E-state index is 11.2. The van der Waals surface area contributed by atoms with Crippen molar-refractivity contribution in [3.8, 4) is 0 Å². The fourth-order valence-electron chi connectivity index (χ4n) is 2.02. The molecule has 0 bridgehead atoms. The number of thioether (sulfide) groups is 1. The number of carbonyl (C=O) groups is 1. The highest BCUT2D eigenvalue weighted by molar-refractivity contribution is 8.00. The van der Waals surface area contributed by atoms with E-state index < -0.39 is 0 Å². The van der Waals surface area contributed by atoms with Gasteiger partial charge in [0, 0.05) is 13.0 Å². The summed E-state index contributed by atoms with van der Waals surface area (Å²) in [6, 6.07) is 0. The molecule has 1 unspecified atom stereocenters. The molecule has 6 heteroatoms. The molecular weight excluding hydrogens is 236 g/mol. The van der Waals surface area contributed by atoms with Crippen molar-refractivity contribution in [2.24, 2.45) is 5.73 Å². The predicted octanol–water partition coefficient (Wildman–Crippen LogP) is 1.36. The first-order chi connectivity index (χ1) is 8.22. The summed E-state index contributed by atoms with van der Waals surface area (Å²) in [4.78, 5) is 11.2. The highest BCUT2D eigenvalue weighted by Crippen LogP contribution is 2.26. The Morgan fingerprint density at radius 1 is 1.47 bits per heavy atom. The van der Waals surface area contributed by atoms with Crippen LogP contribution >= 0.6 is 11.8 Å². The summed E-state index contributed by atoms with van der Waals surface area (Å²) >= 11 is 1.44. The van der Waals surface area contributed by atoms with Gasteiger partial charge in [-0.25, -0.2) is 0 Å². The van der Waals surface area contributed by atoms with E-state index in [1.165, 1.54) is 24.6 Å². The molecule has 1 aromatic rings. The van der Waals surface area contributed by atoms with Gasteiger partial charge in [0.2, 0.25) is 5.91 Å². The molecule has 0 radical (unpaired) electrons. The first kappa shape index (κ1) is 12.4. The number of primary amides is 1. The molecule has 0 saturated carbocycles. The van der Waals surface area contributed by atoms with Crippen molar-refractivity contribution in [2.45, 2.75) is 56.0 Å². The maximum absolute atomic E-state index is 11.2. The predicted molar refractivity (Wildman–Crippen MR) is 66.7 cm³/mol. The number of rotatable bonds is 4. The normalized spacial score (nSPS) is 17.2. The van der Waals surface area contributed by atoms with E-state index in [1.54, 1.807) is 0 Å². The lowest BCUT2D eigenvalue weighted by atomic mass is 10.2. The third-order valence-corrected chi connectivity index (χ3v) is 4.37. The minimum atomic E-state index is -0.275. The molecule has 2 heterocycles. The van der Waals surface area contributed by atoms with E-state index in [4.69, 9.17) is 5.73 Å². The molecule has 0 saturated heterocycles. The smallest absolute Gasteiger partial charge is 0.231 e. The third-order valence-electron chi connectivity index (χ3n) is 3.01. The van der Waals surface area contributed by atoms with Crippen molar-refractivity contribution in [1.29, 1.82) is 0 Å². The molecule has 2 rings (SSSR count). The van der Waals surface area contributed by atoms with Gasteiger partial charge in [0.05, 0.1) is 5.25 Å². The van der Waals surface area contributed by atoms with E-state index in [1.807, 2.05) is 6.92 Å². The molecule has 2 N–H and O–H groups in total. The van der Waals surface area contributed by atoms with Gasteiger partial charge in [-0.3, -0.25) is 4.79 Å². The molecule has 1 amide bonds. The zero-order chi connectivity index (χ0) is 12.3. The Morgan fingerprint density at radius 3 is 3.00 bits per heavy atom. The molecule has 0 fully saturated rings. The lowest BCUT2D eigenvalue weighted by molar-refractivity contribution is -0.117. The average molecular weight is 254 g/mol. The number of aromatic nitrogens is 3. The van der Waals surface area contributed by atoms with Gasteiger partial charge in [-0.05, 0) is 19.3 Å². The van der Waals surface area contributed by atoms with Crippen LogP contribution < -0.4 is 5.73 Å². The molecular formula is C11H18N4OS. The van der Waals surface area contributed by atoms with Gasteiger partial charge in [-0.1, -0.05) is 25.1 Å². The Kier molecular flexibility index (Phi) is 4.04. The number of fused-ring (bicyclic) bond motifs is 1. The lowest BCUT2D eigenvalue weighted by Gasteiger charge is -2.11. The summed E-state index contributed by atoms with van der Waals surface area (Å²) < 4.78 is 2.14. The fourth-order valence-corrected chi connectivity index (χ4v) is 2.96. The largest absolute Gasteiger partial charge is 0.369 e. The number of hydrogen-bond acceptors (Lipinski definition) is 4. The Morgan fingerprint density at radius 2 is 2.29 bits per heavy atom. The second-order valence-corrected chi connectivity index (χ2v) is 5.45. The van der Waals surface area contributed by atoms with Gasteiger partial charge in [0.15, 0.2) is 5.16 Å². The first-order valence-electron chi connectivity index (χ1n) is 6.10. The van der Waals surface area contributed by atoms with Crippen molar-refractivity contribution in [2.75, 3.05) is 0 Å². The van der Waals surface area contributed by atoms with Gasteiger partial charge in [0.25, 0.3) is 0 Å². The summed E-state index contributed by atoms with van der Waals surface area (Å²) in [6.45, 7) is 2.92. The number of amides is 1. The van der Waals surface area contributed by atoms with Crippen molar-refractivity contribution in [1.82, 2.24) is 14.8 Å². The summed E-state index contributed by atoms with van der Waals surface area (Å²) in [5, 5.41) is 9.02. The SMILES string of the molecule is CCC(Sc1nnc2n1CCCCC2)C(N)=O. The van der Waals surface area contributed by atoms with Gasteiger partial charge in [-0.2, -0.15) is 0 Å². The molecule has 17 heavy (non-hydrogen) atoms. The van der Waals surface area contributed by atoms with Gasteiger partial charge in [-0.15, -0.1) is 10.2 Å². The van der Waals surface area contributed by atoms with Crippen molar-refractivity contribution in [3.63, 3.8) is 0 Å². The van der Waals surface area contributed by atoms with Crippen molar-refractivity contribution in [3.05, 3.63) is 5.82 Å². The van der Waals surface area contributed by atoms with Gasteiger partial charge < -0.3 is 10.3 Å². The molecule has 5 nitrogen and oxygen atoms in total. The molecule has 94 valence electrons. The lowest BCUT2D eigenvalue weighted by Crippen LogP contribution is -2.25. The first-order valence-corrected chi connectivity index (χ1v) is 6.98. The van der Waals surface area contributed by atoms with Crippen LogP contribution in [0.15, 0.2) is 5.16 Å². The molecule has 1 aromatic heterocycles. The number of carbonyl (C=O) groups excluding carboxylic acids is 1. The van der Waals surface area contributed by atoms with Crippen LogP contribution in [0.3, 0.4) is 0 Å². The molecule has 1 atom stereocenters. The molecule has 0 aromatic carbocycles. The van der Waals surface area contributed by atoms with E-state index in [2.05, 4.69) is 14.8 Å². The minimum absolute atomic E-state index is 0.202. The number of hydrogen-bond donors (Lipinski definition) is 1. The average Bonchev–Trinajstić information content (AvgIpc) is 2.54. The summed E-state index contributed by atoms with van der Waals surface area (Å²) in [7, 11) is 0. The van der Waals surface area contributed by atoms with E-state index in [0.717, 1.165) is 36.8 Å². The van der Waals surface area contributed by atoms with E-state index >= 15 is 0 Å². The van der Waals surface area contributed by atoms with Crippen molar-refractivity contribution < 1.29 is 4.79 Å². The monoisotopic (exact) mass is 254 g/mol. The molecule has 1 aliphatic heterocycles.